The molecule has 3 rings (SSSR count). The van der Waals surface area contributed by atoms with E-state index in [1.807, 2.05) is 0 Å². The third-order valence-corrected chi connectivity index (χ3v) is 11.9. The summed E-state index contributed by atoms with van der Waals surface area (Å²) in [5, 5.41) is 0. The lowest BCUT2D eigenvalue weighted by molar-refractivity contribution is -0.104. The average Bonchev–Trinajstić information content (AvgIpc) is 3.03. The number of fused-ring (bicyclic) bond motifs is 2. The molecule has 3 aliphatic carbocycles. The zero-order chi connectivity index (χ0) is 20.6. The van der Waals surface area contributed by atoms with E-state index in [1.165, 1.54) is 64.2 Å². The summed E-state index contributed by atoms with van der Waals surface area (Å²) in [5.74, 6) is 0. The van der Waals surface area contributed by atoms with Gasteiger partial charge in [-0.2, -0.15) is 0 Å². The van der Waals surface area contributed by atoms with E-state index in [2.05, 4.69) is 69.2 Å². The molecule has 3 aliphatic rings. The quantitative estimate of drug-likeness (QED) is 0.435. The summed E-state index contributed by atoms with van der Waals surface area (Å²) in [6, 6.07) is 0. The van der Waals surface area contributed by atoms with Crippen LogP contribution in [0.2, 0.25) is 0 Å². The predicted octanol–water partition coefficient (Wildman–Crippen LogP) is 9.03. The Labute approximate surface area is 171 Å². The molecule has 0 saturated heterocycles. The number of hydrogen-bond donors (Lipinski definition) is 0. The van der Waals surface area contributed by atoms with Gasteiger partial charge in [-0.1, -0.05) is 88.5 Å². The normalized spacial score (nSPS) is 54.0. The lowest BCUT2D eigenvalue weighted by Crippen LogP contribution is -2.51. The Morgan fingerprint density at radius 2 is 1.22 bits per heavy atom. The molecule has 0 heterocycles. The van der Waals surface area contributed by atoms with Crippen LogP contribution in [0.3, 0.4) is 0 Å². The van der Waals surface area contributed by atoms with E-state index in [0.29, 0.717) is 37.9 Å². The minimum absolute atomic E-state index is 0.461. The Morgan fingerprint density at radius 1 is 0.593 bits per heavy atom. The third-order valence-electron chi connectivity index (χ3n) is 11.9. The molecule has 0 aromatic rings. The summed E-state index contributed by atoms with van der Waals surface area (Å²) in [4.78, 5) is 0. The summed E-state index contributed by atoms with van der Waals surface area (Å²) in [6.45, 7) is 25.9. The molecule has 0 radical (unpaired) electrons. The van der Waals surface area contributed by atoms with Gasteiger partial charge in [0.1, 0.15) is 0 Å². The Morgan fingerprint density at radius 3 is 1.70 bits per heavy atom. The van der Waals surface area contributed by atoms with Gasteiger partial charge >= 0.3 is 0 Å². The first kappa shape index (κ1) is 21.7. The first-order chi connectivity index (χ1) is 12.2. The molecule has 158 valence electrons. The van der Waals surface area contributed by atoms with Crippen molar-refractivity contribution in [2.45, 2.75) is 133 Å². The van der Waals surface area contributed by atoms with Gasteiger partial charge in [0.05, 0.1) is 0 Å². The topological polar surface area (TPSA) is 0 Å². The maximum absolute atomic E-state index is 2.75. The summed E-state index contributed by atoms with van der Waals surface area (Å²) >= 11 is 0. The molecule has 3 fully saturated rings. The molecule has 0 nitrogen and oxygen atoms in total. The number of unbranched alkanes of at least 4 members (excludes halogenated alkanes) is 1. The van der Waals surface area contributed by atoms with Crippen LogP contribution >= 0.6 is 0 Å². The molecule has 6 unspecified atom stereocenters. The molecule has 0 aliphatic heterocycles. The zero-order valence-corrected chi connectivity index (χ0v) is 20.6. The SMILES string of the molecule is CCCCC1(C)CC2(CC)CC1(C)CC2(C)C1(C)CC(C)(C)C(C)(CC)C1. The van der Waals surface area contributed by atoms with E-state index in [-0.39, 0.29) is 0 Å². The van der Waals surface area contributed by atoms with Gasteiger partial charge in [-0.3, -0.25) is 0 Å². The van der Waals surface area contributed by atoms with Gasteiger partial charge in [-0.05, 0) is 82.9 Å². The summed E-state index contributed by atoms with van der Waals surface area (Å²) in [5.41, 5.74) is 3.62. The molecule has 0 aromatic carbocycles. The number of rotatable bonds is 6. The van der Waals surface area contributed by atoms with Gasteiger partial charge < -0.3 is 0 Å². The highest BCUT2D eigenvalue weighted by molar-refractivity contribution is 5.25. The van der Waals surface area contributed by atoms with Gasteiger partial charge in [0.15, 0.2) is 0 Å². The van der Waals surface area contributed by atoms with E-state index in [1.54, 1.807) is 0 Å². The Balaban J connectivity index is 2.01. The maximum atomic E-state index is 2.75. The van der Waals surface area contributed by atoms with Crippen LogP contribution in [0, 0.1) is 37.9 Å². The molecular weight excluding hydrogens is 324 g/mol. The van der Waals surface area contributed by atoms with Crippen LogP contribution in [-0.4, -0.2) is 0 Å². The molecule has 0 spiro atoms. The monoisotopic (exact) mass is 374 g/mol. The molecule has 0 aromatic heterocycles. The number of hydrogen-bond acceptors (Lipinski definition) is 0. The van der Waals surface area contributed by atoms with E-state index < -0.39 is 0 Å². The molecule has 27 heavy (non-hydrogen) atoms. The molecule has 0 N–H and O–H groups in total. The zero-order valence-electron chi connectivity index (χ0n) is 20.6. The van der Waals surface area contributed by atoms with Crippen molar-refractivity contribution in [3.63, 3.8) is 0 Å². The predicted molar refractivity (Wildman–Crippen MR) is 120 cm³/mol. The van der Waals surface area contributed by atoms with Crippen LogP contribution in [-0.2, 0) is 0 Å². The van der Waals surface area contributed by atoms with Crippen molar-refractivity contribution in [2.24, 2.45) is 37.9 Å². The van der Waals surface area contributed by atoms with Crippen LogP contribution in [0.1, 0.15) is 133 Å². The highest BCUT2D eigenvalue weighted by Gasteiger charge is 2.75. The van der Waals surface area contributed by atoms with Crippen molar-refractivity contribution < 1.29 is 0 Å². The summed E-state index contributed by atoms with van der Waals surface area (Å²) < 4.78 is 0. The summed E-state index contributed by atoms with van der Waals surface area (Å²) in [6.07, 6.45) is 14.2. The van der Waals surface area contributed by atoms with Crippen LogP contribution in [0.15, 0.2) is 0 Å². The Bertz CT molecular complexity index is 589. The van der Waals surface area contributed by atoms with Crippen molar-refractivity contribution in [3.8, 4) is 0 Å². The molecule has 0 amide bonds. The molecule has 6 atom stereocenters. The van der Waals surface area contributed by atoms with Crippen molar-refractivity contribution in [2.75, 3.05) is 0 Å². The highest BCUT2D eigenvalue weighted by atomic mass is 14.8. The third kappa shape index (κ3) is 2.53. The van der Waals surface area contributed by atoms with E-state index in [0.717, 1.165) is 0 Å². The standard InChI is InChI=1S/C27H50/c1-11-14-15-23(7)19-27(13-3)20-24(23,8)18-26(27,10)25(9)16-21(4,5)22(6,12-2)17-25/h11-20H2,1-10H3. The second-order valence-electron chi connectivity index (χ2n) is 13.4. The molecule has 2 bridgehead atoms. The average molecular weight is 375 g/mol. The minimum Gasteiger partial charge on any atom is -0.0654 e. The van der Waals surface area contributed by atoms with Crippen LogP contribution in [0.25, 0.3) is 0 Å². The van der Waals surface area contributed by atoms with Crippen molar-refractivity contribution in [3.05, 3.63) is 0 Å². The fraction of sp³-hybridized carbons (Fsp3) is 1.00. The lowest BCUT2D eigenvalue weighted by Gasteiger charge is -2.59. The molecule has 3 saturated carbocycles. The van der Waals surface area contributed by atoms with E-state index in [4.69, 9.17) is 0 Å². The van der Waals surface area contributed by atoms with Gasteiger partial charge in [0, 0.05) is 0 Å². The van der Waals surface area contributed by atoms with Crippen LogP contribution in [0.5, 0.6) is 0 Å². The van der Waals surface area contributed by atoms with E-state index >= 15 is 0 Å². The fourth-order valence-electron chi connectivity index (χ4n) is 9.41. The summed E-state index contributed by atoms with van der Waals surface area (Å²) in [7, 11) is 0. The molecular formula is C27H50. The van der Waals surface area contributed by atoms with Gasteiger partial charge in [-0.15, -0.1) is 0 Å². The maximum Gasteiger partial charge on any atom is -0.0209 e. The largest absolute Gasteiger partial charge is 0.0654 e. The van der Waals surface area contributed by atoms with Crippen molar-refractivity contribution >= 4 is 0 Å². The first-order valence-corrected chi connectivity index (χ1v) is 12.2. The smallest absolute Gasteiger partial charge is 0.0209 e. The van der Waals surface area contributed by atoms with Gasteiger partial charge in [0.25, 0.3) is 0 Å². The van der Waals surface area contributed by atoms with Gasteiger partial charge in [0.2, 0.25) is 0 Å². The second kappa shape index (κ2) is 6.01. The Kier molecular flexibility index (Phi) is 4.83. The fourth-order valence-corrected chi connectivity index (χ4v) is 9.41. The first-order valence-electron chi connectivity index (χ1n) is 12.2. The van der Waals surface area contributed by atoms with Crippen LogP contribution < -0.4 is 0 Å². The molecule has 0 heteroatoms. The minimum atomic E-state index is 0.461. The highest BCUT2D eigenvalue weighted by Crippen LogP contribution is 2.84. The van der Waals surface area contributed by atoms with Crippen LogP contribution in [0.4, 0.5) is 0 Å². The second-order valence-corrected chi connectivity index (χ2v) is 13.4. The lowest BCUT2D eigenvalue weighted by atomic mass is 9.45. The van der Waals surface area contributed by atoms with Gasteiger partial charge in [-0.25, -0.2) is 0 Å². The van der Waals surface area contributed by atoms with Crippen molar-refractivity contribution in [1.29, 1.82) is 0 Å². The Hall–Kier alpha value is 0. The van der Waals surface area contributed by atoms with Crippen molar-refractivity contribution in [1.82, 2.24) is 0 Å². The van der Waals surface area contributed by atoms with E-state index in [9.17, 15) is 0 Å².